The van der Waals surface area contributed by atoms with Crippen molar-refractivity contribution in [1.29, 1.82) is 0 Å². The van der Waals surface area contributed by atoms with Crippen molar-refractivity contribution in [3.05, 3.63) is 29.3 Å². The zero-order valence-electron chi connectivity index (χ0n) is 11.9. The summed E-state index contributed by atoms with van der Waals surface area (Å²) in [6, 6.07) is 6.90. The van der Waals surface area contributed by atoms with Gasteiger partial charge in [0, 0.05) is 4.90 Å². The van der Waals surface area contributed by atoms with Crippen molar-refractivity contribution < 1.29 is 0 Å². The minimum Gasteiger partial charge on any atom is -0.143 e. The lowest BCUT2D eigenvalue weighted by molar-refractivity contribution is 0.0598. The average molecular weight is 272 g/mol. The van der Waals surface area contributed by atoms with Gasteiger partial charge in [0.2, 0.25) is 0 Å². The second kappa shape index (κ2) is 4.28. The molecule has 0 N–H and O–H groups in total. The molecule has 3 aliphatic carbocycles. The molecule has 0 aromatic heterocycles. The molecule has 4 rings (SSSR count). The Morgan fingerprint density at radius 3 is 2.95 bits per heavy atom. The highest BCUT2D eigenvalue weighted by atomic mass is 32.1. The monoisotopic (exact) mass is 272 g/mol. The zero-order chi connectivity index (χ0) is 13.0. The Labute approximate surface area is 122 Å². The van der Waals surface area contributed by atoms with Crippen LogP contribution in [0, 0.1) is 17.3 Å². The van der Waals surface area contributed by atoms with Crippen molar-refractivity contribution in [2.45, 2.75) is 62.7 Å². The molecular weight excluding hydrogens is 248 g/mol. The number of hydrogen-bond acceptors (Lipinski definition) is 1. The summed E-state index contributed by atoms with van der Waals surface area (Å²) in [5.41, 5.74) is 3.95. The number of thiol groups is 1. The van der Waals surface area contributed by atoms with Crippen molar-refractivity contribution in [3.8, 4) is 0 Å². The first-order valence-corrected chi connectivity index (χ1v) is 8.44. The molecule has 0 amide bonds. The van der Waals surface area contributed by atoms with Gasteiger partial charge in [-0.25, -0.2) is 0 Å². The molecule has 0 spiro atoms. The van der Waals surface area contributed by atoms with Crippen LogP contribution in [-0.2, 0) is 6.42 Å². The maximum atomic E-state index is 4.51. The molecule has 1 aromatic carbocycles. The van der Waals surface area contributed by atoms with E-state index in [1.165, 1.54) is 44.9 Å². The summed E-state index contributed by atoms with van der Waals surface area (Å²) in [4.78, 5) is 1.14. The van der Waals surface area contributed by atoms with E-state index in [0.717, 1.165) is 22.6 Å². The molecule has 2 fully saturated rings. The predicted molar refractivity (Wildman–Crippen MR) is 82.9 cm³/mol. The predicted octanol–water partition coefficient (Wildman–Crippen LogP) is 5.22. The third kappa shape index (κ3) is 1.81. The average Bonchev–Trinajstić information content (AvgIpc) is 2.79. The normalized spacial score (nSPS) is 40.4. The van der Waals surface area contributed by atoms with Gasteiger partial charge in [-0.05, 0) is 85.0 Å². The summed E-state index contributed by atoms with van der Waals surface area (Å²) in [7, 11) is 0. The molecule has 102 valence electrons. The van der Waals surface area contributed by atoms with E-state index in [1.54, 1.807) is 11.1 Å². The zero-order valence-corrected chi connectivity index (χ0v) is 12.8. The molecule has 0 heterocycles. The van der Waals surface area contributed by atoms with Crippen LogP contribution in [0.2, 0.25) is 0 Å². The van der Waals surface area contributed by atoms with Gasteiger partial charge in [-0.3, -0.25) is 0 Å². The molecule has 4 atom stereocenters. The first-order valence-electron chi connectivity index (χ1n) is 7.99. The van der Waals surface area contributed by atoms with Crippen molar-refractivity contribution in [3.63, 3.8) is 0 Å². The van der Waals surface area contributed by atoms with Gasteiger partial charge >= 0.3 is 0 Å². The van der Waals surface area contributed by atoms with Crippen LogP contribution in [0.15, 0.2) is 23.1 Å². The van der Waals surface area contributed by atoms with Crippen LogP contribution in [0.25, 0.3) is 0 Å². The number of rotatable bonds is 0. The van der Waals surface area contributed by atoms with Gasteiger partial charge in [-0.15, -0.1) is 12.6 Å². The van der Waals surface area contributed by atoms with Gasteiger partial charge < -0.3 is 0 Å². The van der Waals surface area contributed by atoms with Crippen molar-refractivity contribution >= 4 is 12.6 Å². The molecule has 0 bridgehead atoms. The molecule has 0 radical (unpaired) electrons. The van der Waals surface area contributed by atoms with Crippen LogP contribution in [0.5, 0.6) is 0 Å². The van der Waals surface area contributed by atoms with E-state index in [9.17, 15) is 0 Å². The fourth-order valence-corrected chi connectivity index (χ4v) is 5.79. The van der Waals surface area contributed by atoms with Crippen molar-refractivity contribution in [2.24, 2.45) is 17.3 Å². The number of aryl methyl sites for hydroxylation is 1. The highest BCUT2D eigenvalue weighted by Crippen LogP contribution is 2.60. The van der Waals surface area contributed by atoms with Crippen LogP contribution < -0.4 is 0 Å². The van der Waals surface area contributed by atoms with E-state index >= 15 is 0 Å². The lowest BCUT2D eigenvalue weighted by Gasteiger charge is -2.49. The summed E-state index contributed by atoms with van der Waals surface area (Å²) in [6.45, 7) is 2.58. The van der Waals surface area contributed by atoms with E-state index in [0.29, 0.717) is 5.41 Å². The van der Waals surface area contributed by atoms with Gasteiger partial charge in [0.1, 0.15) is 0 Å². The molecule has 2 saturated carbocycles. The highest BCUT2D eigenvalue weighted by Gasteiger charge is 2.49. The molecule has 1 heteroatoms. The summed E-state index contributed by atoms with van der Waals surface area (Å²) in [5, 5.41) is 0. The van der Waals surface area contributed by atoms with Crippen LogP contribution in [-0.4, -0.2) is 0 Å². The van der Waals surface area contributed by atoms with Gasteiger partial charge in [-0.1, -0.05) is 19.4 Å². The minimum atomic E-state index is 0.683. The lowest BCUT2D eigenvalue weighted by Crippen LogP contribution is -2.39. The van der Waals surface area contributed by atoms with Crippen LogP contribution >= 0.6 is 12.6 Å². The molecular formula is C18H24S. The highest BCUT2D eigenvalue weighted by molar-refractivity contribution is 7.80. The fraction of sp³-hybridized carbons (Fsp3) is 0.667. The Balaban J connectivity index is 1.72. The Morgan fingerprint density at radius 1 is 1.16 bits per heavy atom. The lowest BCUT2D eigenvalue weighted by atomic mass is 9.56. The maximum absolute atomic E-state index is 4.51. The van der Waals surface area contributed by atoms with E-state index < -0.39 is 0 Å². The summed E-state index contributed by atoms with van der Waals surface area (Å²) in [5.74, 6) is 2.84. The van der Waals surface area contributed by atoms with Crippen LogP contribution in [0.4, 0.5) is 0 Å². The standard InChI is InChI=1S/C18H24S/c1-18-9-2-3-17(18)16-6-4-12-11-13(19)5-7-14(12)15(16)8-10-18/h5,7,11,15-17,19H,2-4,6,8-10H2,1H3. The minimum absolute atomic E-state index is 0.683. The quantitative estimate of drug-likeness (QED) is 0.615. The van der Waals surface area contributed by atoms with E-state index in [1.807, 2.05) is 0 Å². The molecule has 19 heavy (non-hydrogen) atoms. The third-order valence-corrected chi connectivity index (χ3v) is 6.77. The van der Waals surface area contributed by atoms with Gasteiger partial charge in [0.05, 0.1) is 0 Å². The van der Waals surface area contributed by atoms with E-state index in [2.05, 4.69) is 37.8 Å². The molecule has 0 aliphatic heterocycles. The first-order chi connectivity index (χ1) is 9.17. The Kier molecular flexibility index (Phi) is 2.78. The fourth-order valence-electron chi connectivity index (χ4n) is 5.56. The molecule has 1 aromatic rings. The number of hydrogen-bond donors (Lipinski definition) is 1. The van der Waals surface area contributed by atoms with Gasteiger partial charge in [-0.2, -0.15) is 0 Å². The molecule has 0 nitrogen and oxygen atoms in total. The topological polar surface area (TPSA) is 0 Å². The van der Waals surface area contributed by atoms with E-state index in [-0.39, 0.29) is 0 Å². The largest absolute Gasteiger partial charge is 0.143 e. The third-order valence-electron chi connectivity index (χ3n) is 6.49. The molecule has 3 aliphatic rings. The number of benzene rings is 1. The molecule has 4 unspecified atom stereocenters. The smallest absolute Gasteiger partial charge is 0.00429 e. The van der Waals surface area contributed by atoms with Gasteiger partial charge in [0.25, 0.3) is 0 Å². The Morgan fingerprint density at radius 2 is 2.05 bits per heavy atom. The first kappa shape index (κ1) is 12.3. The van der Waals surface area contributed by atoms with Crippen molar-refractivity contribution in [1.82, 2.24) is 0 Å². The van der Waals surface area contributed by atoms with Gasteiger partial charge in [0.15, 0.2) is 0 Å². The second-order valence-electron chi connectivity index (χ2n) is 7.38. The summed E-state index contributed by atoms with van der Waals surface area (Å²) >= 11 is 4.51. The molecule has 0 saturated heterocycles. The van der Waals surface area contributed by atoms with Crippen LogP contribution in [0.3, 0.4) is 0 Å². The SMILES string of the molecule is CC12CCCC1C1CCc3cc(S)ccc3C1CC2. The van der Waals surface area contributed by atoms with E-state index in [4.69, 9.17) is 0 Å². The summed E-state index contributed by atoms with van der Waals surface area (Å²) < 4.78 is 0. The number of fused-ring (bicyclic) bond motifs is 5. The summed E-state index contributed by atoms with van der Waals surface area (Å²) in [6.07, 6.45) is 10.1. The maximum Gasteiger partial charge on any atom is 0.00429 e. The van der Waals surface area contributed by atoms with Crippen molar-refractivity contribution in [2.75, 3.05) is 0 Å². The van der Waals surface area contributed by atoms with Crippen LogP contribution in [0.1, 0.15) is 62.5 Å². The Hall–Kier alpha value is -0.430. The second-order valence-corrected chi connectivity index (χ2v) is 7.90. The Bertz CT molecular complexity index is 506.